The number of aryl methyl sites for hydroxylation is 1. The van der Waals surface area contributed by atoms with Gasteiger partial charge in [0, 0.05) is 14.1 Å². The molecule has 2 aromatic rings. The topological polar surface area (TPSA) is 80.0 Å². The number of rotatable bonds is 4. The zero-order valence-electron chi connectivity index (χ0n) is 12.3. The van der Waals surface area contributed by atoms with E-state index in [9.17, 15) is 0 Å². The summed E-state index contributed by atoms with van der Waals surface area (Å²) in [5, 5.41) is 3.24. The molecule has 1 aromatic carbocycles. The predicted octanol–water partition coefficient (Wildman–Crippen LogP) is 2.00. The van der Waals surface area contributed by atoms with Crippen molar-refractivity contribution in [2.24, 2.45) is 0 Å². The van der Waals surface area contributed by atoms with Crippen molar-refractivity contribution in [3.05, 3.63) is 35.4 Å². The van der Waals surface area contributed by atoms with E-state index in [0.717, 1.165) is 0 Å². The van der Waals surface area contributed by atoms with Crippen LogP contribution in [-0.4, -0.2) is 29.0 Å². The monoisotopic (exact) mass is 272 g/mol. The van der Waals surface area contributed by atoms with Gasteiger partial charge in [-0.25, -0.2) is 0 Å². The number of hydrogen-bond donors (Lipinski definition) is 2. The Labute approximate surface area is 119 Å². The fraction of sp³-hybridized carbons (Fsp3) is 0.357. The maximum atomic E-state index is 5.70. The third kappa shape index (κ3) is 3.34. The number of nitrogen functional groups attached to an aromatic ring is 1. The van der Waals surface area contributed by atoms with Gasteiger partial charge in [0.1, 0.15) is 0 Å². The van der Waals surface area contributed by atoms with Gasteiger partial charge in [0.2, 0.25) is 17.8 Å². The lowest BCUT2D eigenvalue weighted by Crippen LogP contribution is -2.17. The fourth-order valence-electron chi connectivity index (χ4n) is 1.78. The first-order valence-electron chi connectivity index (χ1n) is 6.47. The van der Waals surface area contributed by atoms with Gasteiger partial charge in [-0.1, -0.05) is 29.8 Å². The highest BCUT2D eigenvalue weighted by Crippen LogP contribution is 2.18. The first-order chi connectivity index (χ1) is 9.45. The van der Waals surface area contributed by atoms with E-state index in [1.54, 1.807) is 4.90 Å². The number of nitrogens with one attached hydrogen (secondary N) is 1. The van der Waals surface area contributed by atoms with Crippen LogP contribution < -0.4 is 16.0 Å². The Balaban J connectivity index is 2.18. The summed E-state index contributed by atoms with van der Waals surface area (Å²) >= 11 is 0. The molecule has 0 saturated heterocycles. The van der Waals surface area contributed by atoms with E-state index >= 15 is 0 Å². The molecule has 0 aliphatic heterocycles. The predicted molar refractivity (Wildman–Crippen MR) is 81.8 cm³/mol. The molecule has 106 valence electrons. The van der Waals surface area contributed by atoms with Gasteiger partial charge in [0.25, 0.3) is 0 Å². The molecule has 6 heteroatoms. The summed E-state index contributed by atoms with van der Waals surface area (Å²) in [5.74, 6) is 1.23. The molecule has 6 nitrogen and oxygen atoms in total. The smallest absolute Gasteiger partial charge is 0.231 e. The van der Waals surface area contributed by atoms with Crippen molar-refractivity contribution in [1.29, 1.82) is 0 Å². The fourth-order valence-corrected chi connectivity index (χ4v) is 1.78. The second kappa shape index (κ2) is 5.73. The lowest BCUT2D eigenvalue weighted by Gasteiger charge is -2.16. The van der Waals surface area contributed by atoms with Gasteiger partial charge in [-0.05, 0) is 19.4 Å². The van der Waals surface area contributed by atoms with E-state index < -0.39 is 0 Å². The van der Waals surface area contributed by atoms with Gasteiger partial charge in [-0.2, -0.15) is 15.0 Å². The van der Waals surface area contributed by atoms with Gasteiger partial charge in [0.05, 0.1) is 6.04 Å². The summed E-state index contributed by atoms with van der Waals surface area (Å²) in [6.07, 6.45) is 0. The molecule has 20 heavy (non-hydrogen) atoms. The van der Waals surface area contributed by atoms with Crippen LogP contribution in [0, 0.1) is 6.92 Å². The summed E-state index contributed by atoms with van der Waals surface area (Å²) in [4.78, 5) is 14.3. The Morgan fingerprint density at radius 3 is 2.35 bits per heavy atom. The van der Waals surface area contributed by atoms with Crippen molar-refractivity contribution >= 4 is 17.8 Å². The average molecular weight is 272 g/mol. The third-order valence-electron chi connectivity index (χ3n) is 2.96. The standard InChI is InChI=1S/C14H20N6/c1-9-5-7-11(8-6-9)10(2)16-13-17-12(15)18-14(19-13)20(3)4/h5-8,10H,1-4H3,(H3,15,16,17,18,19). The Hall–Kier alpha value is -2.37. The maximum Gasteiger partial charge on any atom is 0.231 e. The number of benzene rings is 1. The highest BCUT2D eigenvalue weighted by atomic mass is 15.3. The van der Waals surface area contributed by atoms with Crippen molar-refractivity contribution in [2.75, 3.05) is 30.0 Å². The molecule has 2 rings (SSSR count). The van der Waals surface area contributed by atoms with Gasteiger partial charge in [-0.3, -0.25) is 0 Å². The lowest BCUT2D eigenvalue weighted by atomic mass is 10.1. The molecule has 0 bridgehead atoms. The summed E-state index contributed by atoms with van der Waals surface area (Å²) in [7, 11) is 3.73. The second-order valence-corrected chi connectivity index (χ2v) is 4.99. The molecule has 0 saturated carbocycles. The van der Waals surface area contributed by atoms with Gasteiger partial charge in [-0.15, -0.1) is 0 Å². The number of anilines is 3. The van der Waals surface area contributed by atoms with Crippen LogP contribution in [0.15, 0.2) is 24.3 Å². The quantitative estimate of drug-likeness (QED) is 0.886. The van der Waals surface area contributed by atoms with Crippen molar-refractivity contribution in [1.82, 2.24) is 15.0 Å². The van der Waals surface area contributed by atoms with E-state index in [1.807, 2.05) is 14.1 Å². The van der Waals surface area contributed by atoms with Crippen LogP contribution in [0.25, 0.3) is 0 Å². The Bertz CT molecular complexity index is 579. The highest BCUT2D eigenvalue weighted by molar-refractivity contribution is 5.42. The van der Waals surface area contributed by atoms with E-state index in [1.165, 1.54) is 11.1 Å². The number of nitrogens with two attached hydrogens (primary N) is 1. The van der Waals surface area contributed by atoms with Gasteiger partial charge < -0.3 is 16.0 Å². The zero-order chi connectivity index (χ0) is 14.7. The van der Waals surface area contributed by atoms with Crippen LogP contribution in [0.2, 0.25) is 0 Å². The van der Waals surface area contributed by atoms with Crippen LogP contribution in [-0.2, 0) is 0 Å². The molecule has 1 atom stereocenters. The highest BCUT2D eigenvalue weighted by Gasteiger charge is 2.10. The Morgan fingerprint density at radius 2 is 1.75 bits per heavy atom. The normalized spacial score (nSPS) is 12.0. The van der Waals surface area contributed by atoms with Crippen molar-refractivity contribution in [3.63, 3.8) is 0 Å². The molecule has 1 unspecified atom stereocenters. The molecule has 0 amide bonds. The van der Waals surface area contributed by atoms with E-state index in [4.69, 9.17) is 5.73 Å². The van der Waals surface area contributed by atoms with E-state index in [2.05, 4.69) is 58.4 Å². The molecular formula is C14H20N6. The minimum atomic E-state index is 0.0902. The summed E-state index contributed by atoms with van der Waals surface area (Å²) in [5.41, 5.74) is 8.11. The average Bonchev–Trinajstić information content (AvgIpc) is 2.38. The van der Waals surface area contributed by atoms with Crippen LogP contribution in [0.4, 0.5) is 17.8 Å². The minimum absolute atomic E-state index is 0.0902. The first kappa shape index (κ1) is 14.0. The largest absolute Gasteiger partial charge is 0.368 e. The molecular weight excluding hydrogens is 252 g/mol. The molecule has 0 aliphatic carbocycles. The zero-order valence-corrected chi connectivity index (χ0v) is 12.3. The Morgan fingerprint density at radius 1 is 1.10 bits per heavy atom. The first-order valence-corrected chi connectivity index (χ1v) is 6.47. The summed E-state index contributed by atoms with van der Waals surface area (Å²) in [6.45, 7) is 4.12. The lowest BCUT2D eigenvalue weighted by molar-refractivity contribution is 0.849. The Kier molecular flexibility index (Phi) is 4.02. The molecule has 0 aliphatic rings. The van der Waals surface area contributed by atoms with Crippen molar-refractivity contribution in [3.8, 4) is 0 Å². The third-order valence-corrected chi connectivity index (χ3v) is 2.96. The second-order valence-electron chi connectivity index (χ2n) is 4.99. The molecule has 0 radical (unpaired) electrons. The van der Waals surface area contributed by atoms with Crippen LogP contribution >= 0.6 is 0 Å². The van der Waals surface area contributed by atoms with E-state index in [-0.39, 0.29) is 12.0 Å². The molecule has 3 N–H and O–H groups in total. The van der Waals surface area contributed by atoms with E-state index in [0.29, 0.717) is 11.9 Å². The van der Waals surface area contributed by atoms with Gasteiger partial charge in [0.15, 0.2) is 0 Å². The van der Waals surface area contributed by atoms with Crippen LogP contribution in [0.3, 0.4) is 0 Å². The minimum Gasteiger partial charge on any atom is -0.368 e. The molecule has 0 fully saturated rings. The van der Waals surface area contributed by atoms with Crippen molar-refractivity contribution in [2.45, 2.75) is 19.9 Å². The van der Waals surface area contributed by atoms with Gasteiger partial charge >= 0.3 is 0 Å². The maximum absolute atomic E-state index is 5.70. The summed E-state index contributed by atoms with van der Waals surface area (Å²) in [6, 6.07) is 8.43. The van der Waals surface area contributed by atoms with Crippen molar-refractivity contribution < 1.29 is 0 Å². The molecule has 1 heterocycles. The number of hydrogen-bond acceptors (Lipinski definition) is 6. The summed E-state index contributed by atoms with van der Waals surface area (Å²) < 4.78 is 0. The SMILES string of the molecule is Cc1ccc(C(C)Nc2nc(N)nc(N(C)C)n2)cc1. The van der Waals surface area contributed by atoms with Crippen LogP contribution in [0.5, 0.6) is 0 Å². The molecule has 1 aromatic heterocycles. The van der Waals surface area contributed by atoms with Crippen LogP contribution in [0.1, 0.15) is 24.1 Å². The number of nitrogens with zero attached hydrogens (tertiary/aromatic N) is 4. The number of aromatic nitrogens is 3. The molecule has 0 spiro atoms.